The minimum atomic E-state index is 0.927. The average molecular weight is 421 g/mol. The normalized spacial score (nSPS) is 11.6. The summed E-state index contributed by atoms with van der Waals surface area (Å²) in [7, 11) is 0. The molecule has 0 aliphatic carbocycles. The zero-order valence-corrected chi connectivity index (χ0v) is 18.0. The van der Waals surface area contributed by atoms with Crippen LogP contribution < -0.4 is 0 Å². The van der Waals surface area contributed by atoms with Crippen molar-refractivity contribution in [1.29, 1.82) is 0 Å². The summed E-state index contributed by atoms with van der Waals surface area (Å²) in [5, 5.41) is 7.22. The summed E-state index contributed by atoms with van der Waals surface area (Å²) in [4.78, 5) is 0. The Hall–Kier alpha value is -4.36. The minimum absolute atomic E-state index is 0.927. The molecule has 6 aromatic carbocycles. The largest absolute Gasteiger partial charge is 0.455 e. The number of furan rings is 1. The lowest BCUT2D eigenvalue weighted by Gasteiger charge is -2.09. The van der Waals surface area contributed by atoms with Crippen molar-refractivity contribution in [2.75, 3.05) is 0 Å². The Kier molecular flexibility index (Phi) is 3.91. The van der Waals surface area contributed by atoms with Gasteiger partial charge in [-0.05, 0) is 62.7 Å². The molecule has 1 aromatic heterocycles. The molecule has 0 saturated carbocycles. The van der Waals surface area contributed by atoms with Crippen LogP contribution in [0.1, 0.15) is 0 Å². The van der Waals surface area contributed by atoms with E-state index in [2.05, 4.69) is 115 Å². The smallest absolute Gasteiger partial charge is 0.143 e. The van der Waals surface area contributed by atoms with E-state index in [-0.39, 0.29) is 0 Å². The number of rotatable bonds is 2. The van der Waals surface area contributed by atoms with Gasteiger partial charge in [0.15, 0.2) is 0 Å². The molecule has 33 heavy (non-hydrogen) atoms. The molecular formula is C32H20O. The topological polar surface area (TPSA) is 13.1 Å². The first-order valence-corrected chi connectivity index (χ1v) is 11.3. The Balaban J connectivity index is 1.57. The molecule has 0 aliphatic heterocycles. The van der Waals surface area contributed by atoms with Crippen molar-refractivity contribution < 1.29 is 4.42 Å². The van der Waals surface area contributed by atoms with Gasteiger partial charge in [-0.15, -0.1) is 0 Å². The van der Waals surface area contributed by atoms with Crippen LogP contribution in [0.25, 0.3) is 65.7 Å². The summed E-state index contributed by atoms with van der Waals surface area (Å²) < 4.78 is 6.58. The van der Waals surface area contributed by atoms with E-state index >= 15 is 0 Å². The van der Waals surface area contributed by atoms with E-state index in [9.17, 15) is 0 Å². The molecule has 0 spiro atoms. The Morgan fingerprint density at radius 1 is 0.364 bits per heavy atom. The maximum absolute atomic E-state index is 6.58. The van der Waals surface area contributed by atoms with Crippen LogP contribution in [-0.2, 0) is 0 Å². The second kappa shape index (κ2) is 7.08. The van der Waals surface area contributed by atoms with Gasteiger partial charge in [-0.2, -0.15) is 0 Å². The molecule has 0 bridgehead atoms. The highest BCUT2D eigenvalue weighted by Crippen LogP contribution is 2.42. The van der Waals surface area contributed by atoms with Gasteiger partial charge < -0.3 is 4.42 Å². The molecule has 1 heteroatoms. The highest BCUT2D eigenvalue weighted by atomic mass is 16.3. The van der Waals surface area contributed by atoms with Crippen LogP contribution in [0, 0.1) is 0 Å². The molecule has 154 valence electrons. The van der Waals surface area contributed by atoms with Crippen molar-refractivity contribution in [3.8, 4) is 22.3 Å². The Bertz CT molecular complexity index is 1790. The number of benzene rings is 6. The minimum Gasteiger partial charge on any atom is -0.455 e. The molecule has 0 saturated heterocycles. The molecule has 1 heterocycles. The van der Waals surface area contributed by atoms with Crippen molar-refractivity contribution in [2.24, 2.45) is 0 Å². The zero-order valence-electron chi connectivity index (χ0n) is 18.0. The Labute approximate surface area is 191 Å². The van der Waals surface area contributed by atoms with Gasteiger partial charge in [0, 0.05) is 16.2 Å². The van der Waals surface area contributed by atoms with Gasteiger partial charge in [-0.3, -0.25) is 0 Å². The van der Waals surface area contributed by atoms with E-state index in [0.717, 1.165) is 21.9 Å². The van der Waals surface area contributed by atoms with Crippen LogP contribution in [0.4, 0.5) is 0 Å². The first-order chi connectivity index (χ1) is 16.4. The lowest BCUT2D eigenvalue weighted by Crippen LogP contribution is -1.83. The lowest BCUT2D eigenvalue weighted by molar-refractivity contribution is 0.673. The quantitative estimate of drug-likeness (QED) is 0.254. The highest BCUT2D eigenvalue weighted by molar-refractivity contribution is 6.30. The molecule has 0 unspecified atom stereocenters. The van der Waals surface area contributed by atoms with Crippen LogP contribution in [0.15, 0.2) is 126 Å². The fourth-order valence-electron chi connectivity index (χ4n) is 5.08. The van der Waals surface area contributed by atoms with E-state index in [1.54, 1.807) is 0 Å². The molecule has 0 N–H and O–H groups in total. The summed E-state index contributed by atoms with van der Waals surface area (Å²) in [5.74, 6) is 0. The number of hydrogen-bond acceptors (Lipinski definition) is 1. The van der Waals surface area contributed by atoms with E-state index < -0.39 is 0 Å². The van der Waals surface area contributed by atoms with Crippen molar-refractivity contribution in [3.05, 3.63) is 121 Å². The monoisotopic (exact) mass is 420 g/mol. The summed E-state index contributed by atoms with van der Waals surface area (Å²) in [5.41, 5.74) is 6.69. The predicted octanol–water partition coefficient (Wildman–Crippen LogP) is 9.23. The third kappa shape index (κ3) is 2.79. The van der Waals surface area contributed by atoms with Gasteiger partial charge in [0.05, 0.1) is 0 Å². The van der Waals surface area contributed by atoms with Crippen molar-refractivity contribution in [3.63, 3.8) is 0 Å². The van der Waals surface area contributed by atoms with Crippen molar-refractivity contribution >= 4 is 43.5 Å². The van der Waals surface area contributed by atoms with E-state index in [0.29, 0.717) is 0 Å². The van der Waals surface area contributed by atoms with Crippen LogP contribution >= 0.6 is 0 Å². The molecule has 7 rings (SSSR count). The SMILES string of the molecule is c1ccc(-c2ccc3c(c2)oc2c4ccc(-c5ccccc5)cc4c4ccccc4c32)cc1. The average Bonchev–Trinajstić information content (AvgIpc) is 3.29. The van der Waals surface area contributed by atoms with Gasteiger partial charge >= 0.3 is 0 Å². The number of hydrogen-bond donors (Lipinski definition) is 0. The Morgan fingerprint density at radius 3 is 1.64 bits per heavy atom. The lowest BCUT2D eigenvalue weighted by atomic mass is 9.94. The molecular weight excluding hydrogens is 400 g/mol. The molecule has 7 aromatic rings. The molecule has 0 aliphatic rings. The van der Waals surface area contributed by atoms with E-state index in [4.69, 9.17) is 4.42 Å². The van der Waals surface area contributed by atoms with Gasteiger partial charge in [0.1, 0.15) is 11.2 Å². The molecule has 1 nitrogen and oxygen atoms in total. The second-order valence-electron chi connectivity index (χ2n) is 8.56. The van der Waals surface area contributed by atoms with E-state index in [1.807, 2.05) is 6.07 Å². The van der Waals surface area contributed by atoms with Gasteiger partial charge in [0.2, 0.25) is 0 Å². The first-order valence-electron chi connectivity index (χ1n) is 11.3. The highest BCUT2D eigenvalue weighted by Gasteiger charge is 2.16. The fraction of sp³-hybridized carbons (Fsp3) is 0. The molecule has 0 atom stereocenters. The van der Waals surface area contributed by atoms with Crippen LogP contribution in [-0.4, -0.2) is 0 Å². The number of fused-ring (bicyclic) bond motifs is 8. The molecule has 0 radical (unpaired) electrons. The van der Waals surface area contributed by atoms with Crippen LogP contribution in [0.5, 0.6) is 0 Å². The maximum atomic E-state index is 6.58. The second-order valence-corrected chi connectivity index (χ2v) is 8.56. The van der Waals surface area contributed by atoms with Crippen molar-refractivity contribution in [1.82, 2.24) is 0 Å². The van der Waals surface area contributed by atoms with Gasteiger partial charge in [-0.25, -0.2) is 0 Å². The van der Waals surface area contributed by atoms with Gasteiger partial charge in [0.25, 0.3) is 0 Å². The van der Waals surface area contributed by atoms with Crippen LogP contribution in [0.3, 0.4) is 0 Å². The summed E-state index contributed by atoms with van der Waals surface area (Å²) in [6.45, 7) is 0. The standard InChI is InChI=1S/C32H20O/c1-3-9-21(10-4-1)23-15-17-27-29(19-23)25-13-7-8-14-26(25)31-28-18-16-24(20-30(28)33-32(27)31)22-11-5-2-6-12-22/h1-20H. The third-order valence-electron chi connectivity index (χ3n) is 6.66. The Morgan fingerprint density at radius 2 is 0.939 bits per heavy atom. The third-order valence-corrected chi connectivity index (χ3v) is 6.66. The summed E-state index contributed by atoms with van der Waals surface area (Å²) in [6, 6.07) is 43.0. The van der Waals surface area contributed by atoms with Crippen LogP contribution in [0.2, 0.25) is 0 Å². The van der Waals surface area contributed by atoms with Gasteiger partial charge in [-0.1, -0.05) is 97.1 Å². The fourth-order valence-corrected chi connectivity index (χ4v) is 5.08. The van der Waals surface area contributed by atoms with Crippen molar-refractivity contribution in [2.45, 2.75) is 0 Å². The molecule has 0 fully saturated rings. The first kappa shape index (κ1) is 18.2. The zero-order chi connectivity index (χ0) is 21.8. The predicted molar refractivity (Wildman–Crippen MR) is 140 cm³/mol. The summed E-state index contributed by atoms with van der Waals surface area (Å²) in [6.07, 6.45) is 0. The van der Waals surface area contributed by atoms with E-state index in [1.165, 1.54) is 43.8 Å². The summed E-state index contributed by atoms with van der Waals surface area (Å²) >= 11 is 0. The maximum Gasteiger partial charge on any atom is 0.143 e. The molecule has 0 amide bonds.